The van der Waals surface area contributed by atoms with Crippen molar-refractivity contribution in [3.8, 4) is 5.75 Å². The van der Waals surface area contributed by atoms with E-state index in [0.717, 1.165) is 21.1 Å². The third-order valence-corrected chi connectivity index (χ3v) is 5.52. The molecule has 0 radical (unpaired) electrons. The smallest absolute Gasteiger partial charge is 0.260 e. The number of hydrogen-bond acceptors (Lipinski definition) is 2. The number of fused-ring (bicyclic) bond motifs is 1. The van der Waals surface area contributed by atoms with E-state index < -0.39 is 0 Å². The van der Waals surface area contributed by atoms with Gasteiger partial charge in [-0.3, -0.25) is 4.79 Å². The first-order chi connectivity index (χ1) is 10.1. The Morgan fingerprint density at radius 3 is 2.81 bits per heavy atom. The number of amides is 1. The van der Waals surface area contributed by atoms with Crippen LogP contribution >= 0.6 is 31.9 Å². The maximum absolute atomic E-state index is 12.3. The summed E-state index contributed by atoms with van der Waals surface area (Å²) in [5, 5.41) is 0. The molecule has 1 N–H and O–H groups in total. The fourth-order valence-corrected chi connectivity index (χ4v) is 3.33. The van der Waals surface area contributed by atoms with Crippen LogP contribution in [0.5, 0.6) is 5.75 Å². The van der Waals surface area contributed by atoms with Crippen molar-refractivity contribution in [2.75, 3.05) is 13.2 Å². The van der Waals surface area contributed by atoms with E-state index in [1.54, 1.807) is 0 Å². The van der Waals surface area contributed by atoms with Crippen LogP contribution in [-0.4, -0.2) is 28.9 Å². The molecular weight excluding hydrogens is 400 g/mol. The standard InChI is InChI=1S/C15H14Br2N2O2/c16-14-11-8-19(7-6-12(11)18-15(14)17)13(20)9-21-10-4-2-1-3-5-10/h1-5,18H,6-9H2. The van der Waals surface area contributed by atoms with E-state index in [-0.39, 0.29) is 12.5 Å². The van der Waals surface area contributed by atoms with Crippen molar-refractivity contribution in [1.29, 1.82) is 0 Å². The highest BCUT2D eigenvalue weighted by Crippen LogP contribution is 2.32. The number of para-hydroxylation sites is 1. The number of aromatic amines is 1. The topological polar surface area (TPSA) is 45.3 Å². The highest BCUT2D eigenvalue weighted by atomic mass is 79.9. The van der Waals surface area contributed by atoms with Crippen molar-refractivity contribution in [1.82, 2.24) is 9.88 Å². The van der Waals surface area contributed by atoms with E-state index in [1.165, 1.54) is 5.69 Å². The molecule has 0 fully saturated rings. The number of carbonyl (C=O) groups excluding carboxylic acids is 1. The van der Waals surface area contributed by atoms with Crippen LogP contribution in [0.15, 0.2) is 39.4 Å². The minimum absolute atomic E-state index is 0.00808. The zero-order valence-corrected chi connectivity index (χ0v) is 14.4. The molecule has 0 saturated carbocycles. The van der Waals surface area contributed by atoms with Crippen LogP contribution in [0.4, 0.5) is 0 Å². The second-order valence-corrected chi connectivity index (χ2v) is 6.46. The van der Waals surface area contributed by atoms with E-state index in [0.29, 0.717) is 18.8 Å². The van der Waals surface area contributed by atoms with Gasteiger partial charge in [-0.25, -0.2) is 0 Å². The summed E-state index contributed by atoms with van der Waals surface area (Å²) in [4.78, 5) is 17.4. The molecule has 0 aliphatic carbocycles. The van der Waals surface area contributed by atoms with E-state index in [2.05, 4.69) is 36.8 Å². The van der Waals surface area contributed by atoms with Crippen LogP contribution in [0.2, 0.25) is 0 Å². The molecule has 110 valence electrons. The van der Waals surface area contributed by atoms with Gasteiger partial charge in [-0.1, -0.05) is 18.2 Å². The second kappa shape index (κ2) is 6.23. The number of H-pyrrole nitrogens is 1. The summed E-state index contributed by atoms with van der Waals surface area (Å²) in [6.07, 6.45) is 0.830. The quantitative estimate of drug-likeness (QED) is 0.836. The Labute approximate surface area is 139 Å². The fraction of sp³-hybridized carbons (Fsp3) is 0.267. The summed E-state index contributed by atoms with van der Waals surface area (Å²) < 4.78 is 7.46. The van der Waals surface area contributed by atoms with E-state index in [9.17, 15) is 4.79 Å². The van der Waals surface area contributed by atoms with Crippen molar-refractivity contribution >= 4 is 37.8 Å². The maximum atomic E-state index is 12.3. The van der Waals surface area contributed by atoms with Gasteiger partial charge in [0, 0.05) is 30.8 Å². The van der Waals surface area contributed by atoms with Gasteiger partial charge in [0.25, 0.3) is 5.91 Å². The molecule has 0 saturated heterocycles. The highest BCUT2D eigenvalue weighted by molar-refractivity contribution is 9.13. The zero-order chi connectivity index (χ0) is 14.8. The van der Waals surface area contributed by atoms with Gasteiger partial charge in [-0.15, -0.1) is 0 Å². The molecule has 6 heteroatoms. The lowest BCUT2D eigenvalue weighted by molar-refractivity contribution is -0.134. The minimum atomic E-state index is 0.00808. The average molecular weight is 414 g/mol. The van der Waals surface area contributed by atoms with Crippen LogP contribution in [0, 0.1) is 0 Å². The molecule has 1 aromatic carbocycles. The number of benzene rings is 1. The number of halogens is 2. The Kier molecular flexibility index (Phi) is 4.35. The van der Waals surface area contributed by atoms with E-state index in [4.69, 9.17) is 4.74 Å². The molecule has 0 spiro atoms. The predicted molar refractivity (Wildman–Crippen MR) is 87.3 cm³/mol. The van der Waals surface area contributed by atoms with Crippen molar-refractivity contribution < 1.29 is 9.53 Å². The first-order valence-electron chi connectivity index (χ1n) is 6.65. The van der Waals surface area contributed by atoms with Gasteiger partial charge in [0.15, 0.2) is 6.61 Å². The van der Waals surface area contributed by atoms with Gasteiger partial charge in [0.05, 0.1) is 9.08 Å². The SMILES string of the molecule is O=C(COc1ccccc1)N1CCc2[nH]c(Br)c(Br)c2C1. The van der Waals surface area contributed by atoms with Gasteiger partial charge in [-0.2, -0.15) is 0 Å². The molecule has 1 aliphatic rings. The lowest BCUT2D eigenvalue weighted by Crippen LogP contribution is -2.38. The summed E-state index contributed by atoms with van der Waals surface area (Å²) in [5.41, 5.74) is 2.32. The molecule has 0 bridgehead atoms. The number of ether oxygens (including phenoxy) is 1. The fourth-order valence-electron chi connectivity index (χ4n) is 2.39. The van der Waals surface area contributed by atoms with Crippen LogP contribution in [0.1, 0.15) is 11.3 Å². The Morgan fingerprint density at radius 2 is 2.05 bits per heavy atom. The zero-order valence-electron chi connectivity index (χ0n) is 11.2. The van der Waals surface area contributed by atoms with Crippen molar-refractivity contribution in [3.05, 3.63) is 50.7 Å². The van der Waals surface area contributed by atoms with Crippen molar-refractivity contribution in [2.45, 2.75) is 13.0 Å². The van der Waals surface area contributed by atoms with Gasteiger partial charge in [0.1, 0.15) is 5.75 Å². The van der Waals surface area contributed by atoms with Crippen LogP contribution < -0.4 is 4.74 Å². The first-order valence-corrected chi connectivity index (χ1v) is 8.24. The third kappa shape index (κ3) is 3.16. The molecule has 1 amide bonds. The summed E-state index contributed by atoms with van der Waals surface area (Å²) in [7, 11) is 0. The Bertz CT molecular complexity index is 655. The molecule has 0 atom stereocenters. The van der Waals surface area contributed by atoms with E-state index >= 15 is 0 Å². The van der Waals surface area contributed by atoms with Crippen molar-refractivity contribution in [2.24, 2.45) is 0 Å². The monoisotopic (exact) mass is 412 g/mol. The maximum Gasteiger partial charge on any atom is 0.260 e. The van der Waals surface area contributed by atoms with E-state index in [1.807, 2.05) is 35.2 Å². The molecule has 2 heterocycles. The lowest BCUT2D eigenvalue weighted by Gasteiger charge is -2.27. The lowest BCUT2D eigenvalue weighted by atomic mass is 10.1. The molecular formula is C15H14Br2N2O2. The van der Waals surface area contributed by atoms with Gasteiger partial charge in [0.2, 0.25) is 0 Å². The van der Waals surface area contributed by atoms with Gasteiger partial charge < -0.3 is 14.6 Å². The van der Waals surface area contributed by atoms with Gasteiger partial charge in [-0.05, 0) is 44.0 Å². The predicted octanol–water partition coefficient (Wildman–Crippen LogP) is 3.50. The number of nitrogens with zero attached hydrogens (tertiary/aromatic N) is 1. The number of aromatic nitrogens is 1. The van der Waals surface area contributed by atoms with Crippen LogP contribution in [0.3, 0.4) is 0 Å². The summed E-state index contributed by atoms with van der Waals surface area (Å²) in [6.45, 7) is 1.39. The van der Waals surface area contributed by atoms with Crippen LogP contribution in [0.25, 0.3) is 0 Å². The summed E-state index contributed by atoms with van der Waals surface area (Å²) >= 11 is 7.00. The number of rotatable bonds is 3. The normalized spacial score (nSPS) is 13.9. The summed E-state index contributed by atoms with van der Waals surface area (Å²) in [5.74, 6) is 0.725. The molecule has 2 aromatic rings. The third-order valence-electron chi connectivity index (χ3n) is 3.52. The molecule has 1 aliphatic heterocycles. The molecule has 4 nitrogen and oxygen atoms in total. The summed E-state index contributed by atoms with van der Waals surface area (Å²) in [6, 6.07) is 9.40. The average Bonchev–Trinajstić information content (AvgIpc) is 2.80. The Morgan fingerprint density at radius 1 is 1.29 bits per heavy atom. The first kappa shape index (κ1) is 14.7. The molecule has 1 aromatic heterocycles. The minimum Gasteiger partial charge on any atom is -0.484 e. The van der Waals surface area contributed by atoms with Crippen LogP contribution in [-0.2, 0) is 17.8 Å². The second-order valence-electron chi connectivity index (χ2n) is 4.88. The molecule has 21 heavy (non-hydrogen) atoms. The highest BCUT2D eigenvalue weighted by Gasteiger charge is 2.25. The van der Waals surface area contributed by atoms with Crippen molar-refractivity contribution in [3.63, 3.8) is 0 Å². The van der Waals surface area contributed by atoms with Gasteiger partial charge >= 0.3 is 0 Å². The largest absolute Gasteiger partial charge is 0.484 e. The molecule has 0 unspecified atom stereocenters. The number of carbonyl (C=O) groups is 1. The molecule has 3 rings (SSSR count). The number of nitrogens with one attached hydrogen (secondary N) is 1. The Balaban J connectivity index is 1.63. The Hall–Kier alpha value is -1.27. The number of hydrogen-bond donors (Lipinski definition) is 1.